The fourth-order valence-corrected chi connectivity index (χ4v) is 1.96. The van der Waals surface area contributed by atoms with Crippen molar-refractivity contribution in [1.29, 1.82) is 0 Å². The number of nitrogens with one attached hydrogen (secondary N) is 1. The predicted molar refractivity (Wildman–Crippen MR) is 88.0 cm³/mol. The van der Waals surface area contributed by atoms with E-state index in [0.717, 1.165) is 0 Å². The number of hydrogen-bond donors (Lipinski definition) is 1. The maximum atomic E-state index is 11.7. The number of ether oxygens (including phenoxy) is 2. The molecule has 0 aromatic heterocycles. The molecule has 0 atom stereocenters. The number of rotatable bonds is 6. The Kier molecular flexibility index (Phi) is 6.26. The molecule has 0 spiro atoms. The van der Waals surface area contributed by atoms with E-state index in [9.17, 15) is 9.59 Å². The van der Waals surface area contributed by atoms with Crippen LogP contribution in [0.5, 0.6) is 5.75 Å². The van der Waals surface area contributed by atoms with E-state index in [-0.39, 0.29) is 6.61 Å². The molecule has 23 heavy (non-hydrogen) atoms. The molecule has 0 aliphatic rings. The number of amides is 1. The van der Waals surface area contributed by atoms with Crippen molar-refractivity contribution in [3.05, 3.63) is 58.6 Å². The van der Waals surface area contributed by atoms with E-state index in [1.54, 1.807) is 36.4 Å². The van der Waals surface area contributed by atoms with Gasteiger partial charge in [0.2, 0.25) is 0 Å². The lowest BCUT2D eigenvalue weighted by Crippen LogP contribution is -2.23. The maximum Gasteiger partial charge on any atom is 0.344 e. The molecule has 0 aliphatic heterocycles. The normalized spacial score (nSPS) is 10.0. The van der Waals surface area contributed by atoms with Crippen molar-refractivity contribution >= 4 is 40.8 Å². The molecule has 120 valence electrons. The van der Waals surface area contributed by atoms with Crippen molar-refractivity contribution in [2.75, 3.05) is 18.5 Å². The van der Waals surface area contributed by atoms with E-state index in [4.69, 9.17) is 32.7 Å². The van der Waals surface area contributed by atoms with Gasteiger partial charge in [0, 0.05) is 5.02 Å². The first kappa shape index (κ1) is 17.1. The third kappa shape index (κ3) is 5.81. The molecule has 7 heteroatoms. The van der Waals surface area contributed by atoms with Gasteiger partial charge in [-0.2, -0.15) is 0 Å². The lowest BCUT2D eigenvalue weighted by Gasteiger charge is -2.09. The average molecular weight is 354 g/mol. The van der Waals surface area contributed by atoms with Crippen molar-refractivity contribution in [1.82, 2.24) is 0 Å². The number of halogens is 2. The largest absolute Gasteiger partial charge is 0.482 e. The number of hydrogen-bond acceptors (Lipinski definition) is 4. The third-order valence-corrected chi connectivity index (χ3v) is 3.23. The van der Waals surface area contributed by atoms with Crippen LogP contribution in [0.4, 0.5) is 5.69 Å². The summed E-state index contributed by atoms with van der Waals surface area (Å²) < 4.78 is 10.0. The molecule has 0 bridgehead atoms. The molecule has 1 amide bonds. The fourth-order valence-electron chi connectivity index (χ4n) is 1.63. The van der Waals surface area contributed by atoms with Crippen LogP contribution in [0, 0.1) is 0 Å². The summed E-state index contributed by atoms with van der Waals surface area (Å²) in [5, 5.41) is 3.27. The van der Waals surface area contributed by atoms with Gasteiger partial charge in [0.05, 0.1) is 10.7 Å². The minimum Gasteiger partial charge on any atom is -0.482 e. The first-order valence-electron chi connectivity index (χ1n) is 6.63. The summed E-state index contributed by atoms with van der Waals surface area (Å²) in [5.41, 5.74) is 0.348. The number of anilines is 1. The van der Waals surface area contributed by atoms with Gasteiger partial charge < -0.3 is 14.8 Å². The lowest BCUT2D eigenvalue weighted by atomic mass is 10.3. The second-order valence-corrected chi connectivity index (χ2v) is 5.28. The second kappa shape index (κ2) is 8.41. The average Bonchev–Trinajstić information content (AvgIpc) is 2.55. The molecule has 0 saturated carbocycles. The summed E-state index contributed by atoms with van der Waals surface area (Å²) in [7, 11) is 0. The summed E-state index contributed by atoms with van der Waals surface area (Å²) in [6.45, 7) is -0.727. The molecule has 0 unspecified atom stereocenters. The van der Waals surface area contributed by atoms with Crippen LogP contribution in [0.2, 0.25) is 10.0 Å². The summed E-state index contributed by atoms with van der Waals surface area (Å²) in [6, 6.07) is 13.5. The van der Waals surface area contributed by atoms with E-state index in [1.165, 1.54) is 6.07 Å². The minimum atomic E-state index is -0.652. The standard InChI is InChI=1S/C16H13Cl2NO4/c17-11-6-7-13(18)14(8-11)19-15(20)9-23-16(21)10-22-12-4-2-1-3-5-12/h1-8H,9-10H2,(H,19,20). The predicted octanol–water partition coefficient (Wildman–Crippen LogP) is 3.55. The molecule has 2 rings (SSSR count). The highest BCUT2D eigenvalue weighted by atomic mass is 35.5. The summed E-state index contributed by atoms with van der Waals surface area (Å²) in [4.78, 5) is 23.2. The van der Waals surface area contributed by atoms with Crippen LogP contribution in [-0.2, 0) is 14.3 Å². The quantitative estimate of drug-likeness (QED) is 0.806. The number of esters is 1. The summed E-state index contributed by atoms with van der Waals surface area (Å²) in [5.74, 6) is -0.636. The van der Waals surface area contributed by atoms with Crippen LogP contribution < -0.4 is 10.1 Å². The van der Waals surface area contributed by atoms with Crippen LogP contribution in [0.15, 0.2) is 48.5 Å². The third-order valence-electron chi connectivity index (χ3n) is 2.67. The van der Waals surface area contributed by atoms with Gasteiger partial charge in [-0.05, 0) is 30.3 Å². The Bertz CT molecular complexity index is 692. The topological polar surface area (TPSA) is 64.6 Å². The SMILES string of the molecule is O=C(COC(=O)COc1ccccc1)Nc1cc(Cl)ccc1Cl. The van der Waals surface area contributed by atoms with Crippen molar-refractivity contribution in [3.8, 4) is 5.75 Å². The number of para-hydroxylation sites is 1. The summed E-state index contributed by atoms with van der Waals surface area (Å²) in [6.07, 6.45) is 0. The fraction of sp³-hybridized carbons (Fsp3) is 0.125. The smallest absolute Gasteiger partial charge is 0.344 e. The molecule has 0 aliphatic carbocycles. The van der Waals surface area contributed by atoms with Crippen LogP contribution in [-0.4, -0.2) is 25.1 Å². The number of carbonyl (C=O) groups excluding carboxylic acids is 2. The molecule has 0 radical (unpaired) electrons. The van der Waals surface area contributed by atoms with Gasteiger partial charge in [-0.25, -0.2) is 4.79 Å². The monoisotopic (exact) mass is 353 g/mol. The molecular formula is C16H13Cl2NO4. The van der Waals surface area contributed by atoms with Crippen LogP contribution in [0.25, 0.3) is 0 Å². The highest BCUT2D eigenvalue weighted by molar-refractivity contribution is 6.35. The molecular weight excluding hydrogens is 341 g/mol. The van der Waals surface area contributed by atoms with Crippen molar-refractivity contribution in [3.63, 3.8) is 0 Å². The Morgan fingerprint density at radius 2 is 1.74 bits per heavy atom. The number of benzene rings is 2. The molecule has 0 saturated heterocycles. The highest BCUT2D eigenvalue weighted by Crippen LogP contribution is 2.25. The van der Waals surface area contributed by atoms with Gasteiger partial charge in [0.25, 0.3) is 5.91 Å². The molecule has 0 fully saturated rings. The van der Waals surface area contributed by atoms with Crippen LogP contribution in [0.3, 0.4) is 0 Å². The van der Waals surface area contributed by atoms with Gasteiger partial charge in [-0.3, -0.25) is 4.79 Å². The Balaban J connectivity index is 1.75. The van der Waals surface area contributed by atoms with E-state index in [2.05, 4.69) is 5.32 Å². The Labute approximate surface area is 143 Å². The zero-order valence-corrected chi connectivity index (χ0v) is 13.4. The molecule has 1 N–H and O–H groups in total. The Hall–Kier alpha value is -2.24. The van der Waals surface area contributed by atoms with Crippen molar-refractivity contribution in [2.24, 2.45) is 0 Å². The Morgan fingerprint density at radius 3 is 2.48 bits per heavy atom. The highest BCUT2D eigenvalue weighted by Gasteiger charge is 2.10. The molecule has 2 aromatic carbocycles. The van der Waals surface area contributed by atoms with E-state index < -0.39 is 18.5 Å². The maximum absolute atomic E-state index is 11.7. The van der Waals surface area contributed by atoms with Crippen molar-refractivity contribution in [2.45, 2.75) is 0 Å². The lowest BCUT2D eigenvalue weighted by molar-refractivity contribution is -0.149. The first-order chi connectivity index (χ1) is 11.0. The van der Waals surface area contributed by atoms with Crippen LogP contribution >= 0.6 is 23.2 Å². The Morgan fingerprint density at radius 1 is 1.00 bits per heavy atom. The minimum absolute atomic E-state index is 0.283. The van der Waals surface area contributed by atoms with Gasteiger partial charge in [-0.1, -0.05) is 41.4 Å². The van der Waals surface area contributed by atoms with Gasteiger partial charge in [0.1, 0.15) is 5.75 Å². The van der Waals surface area contributed by atoms with E-state index in [0.29, 0.717) is 21.5 Å². The van der Waals surface area contributed by atoms with Gasteiger partial charge in [0.15, 0.2) is 13.2 Å². The summed E-state index contributed by atoms with van der Waals surface area (Å²) >= 11 is 11.7. The molecule has 5 nitrogen and oxygen atoms in total. The van der Waals surface area contributed by atoms with E-state index >= 15 is 0 Å². The number of carbonyl (C=O) groups is 2. The zero-order valence-electron chi connectivity index (χ0n) is 11.9. The van der Waals surface area contributed by atoms with E-state index in [1.807, 2.05) is 6.07 Å². The molecule has 2 aromatic rings. The second-order valence-electron chi connectivity index (χ2n) is 4.43. The first-order valence-corrected chi connectivity index (χ1v) is 7.38. The van der Waals surface area contributed by atoms with Crippen LogP contribution in [0.1, 0.15) is 0 Å². The zero-order chi connectivity index (χ0) is 16.7. The van der Waals surface area contributed by atoms with Gasteiger partial charge in [-0.15, -0.1) is 0 Å². The van der Waals surface area contributed by atoms with Gasteiger partial charge >= 0.3 is 5.97 Å². The van der Waals surface area contributed by atoms with Crippen molar-refractivity contribution < 1.29 is 19.1 Å². The molecule has 0 heterocycles.